The predicted octanol–water partition coefficient (Wildman–Crippen LogP) is 2.87. The molecule has 146 valence electrons. The number of amides is 2. The molecule has 0 aliphatic carbocycles. The highest BCUT2D eigenvalue weighted by Gasteiger charge is 2.22. The van der Waals surface area contributed by atoms with Crippen LogP contribution in [0.15, 0.2) is 28.8 Å². The second-order valence-corrected chi connectivity index (χ2v) is 6.79. The number of urea groups is 1. The smallest absolute Gasteiger partial charge is 0.317 e. The van der Waals surface area contributed by atoms with Gasteiger partial charge < -0.3 is 24.2 Å². The molecule has 8 heteroatoms. The number of aromatic nitrogens is 2. The minimum Gasteiger partial charge on any atom is -0.497 e. The van der Waals surface area contributed by atoms with Gasteiger partial charge in [-0.15, -0.1) is 0 Å². The number of hydrogen-bond acceptors (Lipinski definition) is 6. The first-order chi connectivity index (χ1) is 13.1. The van der Waals surface area contributed by atoms with Gasteiger partial charge in [-0.3, -0.25) is 0 Å². The van der Waals surface area contributed by atoms with Crippen LogP contribution in [-0.4, -0.2) is 55.0 Å². The number of nitrogens with one attached hydrogen (secondary N) is 1. The molecular formula is C19H26N4O4. The van der Waals surface area contributed by atoms with E-state index in [4.69, 9.17) is 14.0 Å². The van der Waals surface area contributed by atoms with Crippen molar-refractivity contribution in [2.75, 3.05) is 33.9 Å². The summed E-state index contributed by atoms with van der Waals surface area (Å²) in [6, 6.07) is 6.85. The van der Waals surface area contributed by atoms with Crippen LogP contribution in [0.1, 0.15) is 31.7 Å². The molecule has 2 aromatic rings. The third kappa shape index (κ3) is 4.97. The van der Waals surface area contributed by atoms with E-state index in [1.807, 2.05) is 31.2 Å². The van der Waals surface area contributed by atoms with Gasteiger partial charge >= 0.3 is 6.03 Å². The molecule has 8 nitrogen and oxygen atoms in total. The summed E-state index contributed by atoms with van der Waals surface area (Å²) < 4.78 is 15.8. The SMILES string of the molecule is COc1ccc(-c2noc([C@H](C)NC(=O)N(C)CC3CCOCC3)n2)cc1. The Bertz CT molecular complexity index is 740. The number of carbonyl (C=O) groups is 1. The fourth-order valence-electron chi connectivity index (χ4n) is 3.02. The second kappa shape index (κ2) is 8.85. The van der Waals surface area contributed by atoms with Gasteiger partial charge in [-0.1, -0.05) is 5.16 Å². The van der Waals surface area contributed by atoms with Crippen LogP contribution in [0.4, 0.5) is 4.79 Å². The number of methoxy groups -OCH3 is 1. The van der Waals surface area contributed by atoms with Crippen molar-refractivity contribution in [3.8, 4) is 17.1 Å². The molecule has 1 aromatic carbocycles. The minimum absolute atomic E-state index is 0.154. The first-order valence-electron chi connectivity index (χ1n) is 9.14. The molecule has 0 radical (unpaired) electrons. The topological polar surface area (TPSA) is 89.7 Å². The zero-order chi connectivity index (χ0) is 19.2. The normalized spacial score (nSPS) is 16.0. The van der Waals surface area contributed by atoms with Crippen LogP contribution in [0.3, 0.4) is 0 Å². The quantitative estimate of drug-likeness (QED) is 0.836. The Morgan fingerprint density at radius 2 is 2.04 bits per heavy atom. The summed E-state index contributed by atoms with van der Waals surface area (Å²) in [5, 5.41) is 6.91. The van der Waals surface area contributed by atoms with Crippen molar-refractivity contribution < 1.29 is 18.8 Å². The number of rotatable bonds is 6. The highest BCUT2D eigenvalue weighted by molar-refractivity contribution is 5.74. The van der Waals surface area contributed by atoms with Gasteiger partial charge in [0.25, 0.3) is 0 Å². The summed E-state index contributed by atoms with van der Waals surface area (Å²) in [7, 11) is 3.42. The second-order valence-electron chi connectivity index (χ2n) is 6.79. The van der Waals surface area contributed by atoms with E-state index in [1.165, 1.54) is 0 Å². The van der Waals surface area contributed by atoms with Gasteiger partial charge in [0, 0.05) is 32.4 Å². The van der Waals surface area contributed by atoms with Crippen LogP contribution in [-0.2, 0) is 4.74 Å². The van der Waals surface area contributed by atoms with Crippen LogP contribution in [0.2, 0.25) is 0 Å². The molecule has 2 amide bonds. The van der Waals surface area contributed by atoms with Gasteiger partial charge in [0.2, 0.25) is 11.7 Å². The Hall–Kier alpha value is -2.61. The van der Waals surface area contributed by atoms with Gasteiger partial charge in [-0.2, -0.15) is 4.98 Å². The molecule has 1 aliphatic heterocycles. The van der Waals surface area contributed by atoms with E-state index >= 15 is 0 Å². The molecule has 1 aliphatic rings. The average molecular weight is 374 g/mol. The van der Waals surface area contributed by atoms with Crippen molar-refractivity contribution in [1.29, 1.82) is 0 Å². The van der Waals surface area contributed by atoms with Crippen LogP contribution in [0, 0.1) is 5.92 Å². The molecule has 3 rings (SSSR count). The van der Waals surface area contributed by atoms with Crippen molar-refractivity contribution in [3.05, 3.63) is 30.2 Å². The van der Waals surface area contributed by atoms with Crippen molar-refractivity contribution >= 4 is 6.03 Å². The largest absolute Gasteiger partial charge is 0.497 e. The number of benzene rings is 1. The zero-order valence-corrected chi connectivity index (χ0v) is 16.0. The maximum absolute atomic E-state index is 12.4. The molecular weight excluding hydrogens is 348 g/mol. The first kappa shape index (κ1) is 19.2. The Morgan fingerprint density at radius 1 is 1.33 bits per heavy atom. The Kier molecular flexibility index (Phi) is 6.28. The van der Waals surface area contributed by atoms with Gasteiger partial charge in [0.05, 0.1) is 7.11 Å². The summed E-state index contributed by atoms with van der Waals surface area (Å²) in [4.78, 5) is 18.5. The van der Waals surface area contributed by atoms with E-state index in [1.54, 1.807) is 19.1 Å². The molecule has 1 fully saturated rings. The molecule has 27 heavy (non-hydrogen) atoms. The molecule has 0 unspecified atom stereocenters. The lowest BCUT2D eigenvalue weighted by molar-refractivity contribution is 0.0584. The zero-order valence-electron chi connectivity index (χ0n) is 16.0. The fraction of sp³-hybridized carbons (Fsp3) is 0.526. The van der Waals surface area contributed by atoms with Crippen LogP contribution < -0.4 is 10.1 Å². The molecule has 2 heterocycles. The van der Waals surface area contributed by atoms with Gasteiger partial charge in [0.15, 0.2) is 0 Å². The van der Waals surface area contributed by atoms with Crippen molar-refractivity contribution in [2.45, 2.75) is 25.8 Å². The van der Waals surface area contributed by atoms with Crippen LogP contribution >= 0.6 is 0 Å². The highest BCUT2D eigenvalue weighted by Crippen LogP contribution is 2.22. The third-order valence-electron chi connectivity index (χ3n) is 4.72. The highest BCUT2D eigenvalue weighted by atomic mass is 16.5. The summed E-state index contributed by atoms with van der Waals surface area (Å²) in [6.07, 6.45) is 1.98. The van der Waals surface area contributed by atoms with Crippen molar-refractivity contribution in [2.24, 2.45) is 5.92 Å². The number of carbonyl (C=O) groups excluding carboxylic acids is 1. The Morgan fingerprint density at radius 3 is 2.70 bits per heavy atom. The van der Waals surface area contributed by atoms with Crippen molar-refractivity contribution in [1.82, 2.24) is 20.4 Å². The number of ether oxygens (including phenoxy) is 2. The average Bonchev–Trinajstić information content (AvgIpc) is 3.19. The van der Waals surface area contributed by atoms with Crippen LogP contribution in [0.5, 0.6) is 5.75 Å². The van der Waals surface area contributed by atoms with E-state index in [2.05, 4.69) is 15.5 Å². The minimum atomic E-state index is -0.380. The van der Waals surface area contributed by atoms with Gasteiger partial charge in [-0.25, -0.2) is 4.79 Å². The maximum Gasteiger partial charge on any atom is 0.317 e. The summed E-state index contributed by atoms with van der Waals surface area (Å²) >= 11 is 0. The molecule has 1 atom stereocenters. The van der Waals surface area contributed by atoms with Crippen molar-refractivity contribution in [3.63, 3.8) is 0 Å². The molecule has 0 bridgehead atoms. The van der Waals surface area contributed by atoms with E-state index in [-0.39, 0.29) is 12.1 Å². The lowest BCUT2D eigenvalue weighted by Gasteiger charge is -2.27. The van der Waals surface area contributed by atoms with E-state index < -0.39 is 0 Å². The lowest BCUT2D eigenvalue weighted by Crippen LogP contribution is -2.41. The summed E-state index contributed by atoms with van der Waals surface area (Å²) in [5.74, 6) is 2.09. The number of hydrogen-bond donors (Lipinski definition) is 1. The summed E-state index contributed by atoms with van der Waals surface area (Å²) in [5.41, 5.74) is 0.820. The molecule has 1 N–H and O–H groups in total. The molecule has 0 saturated carbocycles. The summed E-state index contributed by atoms with van der Waals surface area (Å²) in [6.45, 7) is 4.08. The van der Waals surface area contributed by atoms with Gasteiger partial charge in [-0.05, 0) is 49.9 Å². The molecule has 1 aromatic heterocycles. The van der Waals surface area contributed by atoms with E-state index in [0.29, 0.717) is 24.2 Å². The van der Waals surface area contributed by atoms with E-state index in [0.717, 1.165) is 37.4 Å². The number of nitrogens with zero attached hydrogens (tertiary/aromatic N) is 3. The van der Waals surface area contributed by atoms with Crippen LogP contribution in [0.25, 0.3) is 11.4 Å². The Labute approximate surface area is 158 Å². The van der Waals surface area contributed by atoms with Gasteiger partial charge in [0.1, 0.15) is 11.8 Å². The lowest BCUT2D eigenvalue weighted by atomic mass is 10.00. The maximum atomic E-state index is 12.4. The standard InChI is InChI=1S/C19H26N4O4/c1-13(20-19(24)23(2)12-14-8-10-26-11-9-14)18-21-17(22-27-18)15-4-6-16(25-3)7-5-15/h4-7,13-14H,8-12H2,1-3H3,(H,20,24)/t13-/m0/s1. The first-order valence-corrected chi connectivity index (χ1v) is 9.14. The fourth-order valence-corrected chi connectivity index (χ4v) is 3.02. The van der Waals surface area contributed by atoms with E-state index in [9.17, 15) is 4.79 Å². The molecule has 0 spiro atoms. The monoisotopic (exact) mass is 374 g/mol. The third-order valence-corrected chi connectivity index (χ3v) is 4.72. The Balaban J connectivity index is 1.56. The predicted molar refractivity (Wildman–Crippen MR) is 99.4 cm³/mol. The molecule has 1 saturated heterocycles.